The smallest absolute Gasteiger partial charge is 0.374 e. The number of methoxy groups -OCH3 is 1. The van der Waals surface area contributed by atoms with E-state index in [1.807, 2.05) is 13.8 Å². The molecular formula is C30H36O8. The normalized spacial score (nSPS) is 10.9. The number of ether oxygens (including phenoxy) is 3. The highest BCUT2D eigenvalue weighted by Crippen LogP contribution is 2.33. The van der Waals surface area contributed by atoms with Crippen LogP contribution in [0.4, 0.5) is 0 Å². The van der Waals surface area contributed by atoms with Crippen molar-refractivity contribution in [3.05, 3.63) is 63.0 Å². The van der Waals surface area contributed by atoms with E-state index >= 15 is 0 Å². The minimum Gasteiger partial charge on any atom is -0.507 e. The Morgan fingerprint density at radius 2 is 1.50 bits per heavy atom. The van der Waals surface area contributed by atoms with Crippen LogP contribution in [0.3, 0.4) is 0 Å². The van der Waals surface area contributed by atoms with E-state index in [0.29, 0.717) is 59.7 Å². The Hall–Kier alpha value is -3.81. The Morgan fingerprint density at radius 1 is 0.895 bits per heavy atom. The summed E-state index contributed by atoms with van der Waals surface area (Å²) in [7, 11) is 1.24. The first-order valence-electron chi connectivity index (χ1n) is 13.1. The zero-order valence-corrected chi connectivity index (χ0v) is 22.6. The number of hydrogen-bond donors (Lipinski definition) is 1. The number of esters is 1. The van der Waals surface area contributed by atoms with Gasteiger partial charge in [-0.25, -0.2) is 4.79 Å². The van der Waals surface area contributed by atoms with Gasteiger partial charge in [0.05, 0.1) is 31.3 Å². The third-order valence-corrected chi connectivity index (χ3v) is 6.27. The van der Waals surface area contributed by atoms with Gasteiger partial charge in [0.25, 0.3) is 0 Å². The standard InChI is InChI=1S/C30H36O8/c1-5-10-22-25(14-12-20(19(3)31)28(22)33)36-16-8-7-9-17-37-26-15-13-21-24(32)18-27(30(34)35-4)38-29(21)23(26)11-6-2/h12-15,18,33H,5-11,16-17H2,1-4H3. The Bertz CT molecular complexity index is 1340. The molecule has 2 aromatic carbocycles. The predicted octanol–water partition coefficient (Wildman–Crippen LogP) is 6.02. The first-order chi connectivity index (χ1) is 18.3. The Balaban J connectivity index is 1.59. The van der Waals surface area contributed by atoms with Gasteiger partial charge in [-0.2, -0.15) is 0 Å². The number of phenolic OH excluding ortho intramolecular Hbond substituents is 1. The van der Waals surface area contributed by atoms with Gasteiger partial charge in [0, 0.05) is 17.2 Å². The molecule has 0 saturated heterocycles. The van der Waals surface area contributed by atoms with E-state index in [1.54, 1.807) is 24.3 Å². The summed E-state index contributed by atoms with van der Waals surface area (Å²) in [4.78, 5) is 36.2. The minimum atomic E-state index is -0.702. The maximum Gasteiger partial charge on any atom is 0.374 e. The fraction of sp³-hybridized carbons (Fsp3) is 0.433. The van der Waals surface area contributed by atoms with E-state index in [1.165, 1.54) is 14.0 Å². The maximum absolute atomic E-state index is 12.5. The van der Waals surface area contributed by atoms with Crippen LogP contribution in [0.1, 0.15) is 84.9 Å². The number of hydrogen-bond acceptors (Lipinski definition) is 8. The molecule has 0 saturated carbocycles. The van der Waals surface area contributed by atoms with Gasteiger partial charge in [0.1, 0.15) is 22.8 Å². The summed E-state index contributed by atoms with van der Waals surface area (Å²) in [6.45, 7) is 6.42. The molecule has 3 aromatic rings. The molecule has 38 heavy (non-hydrogen) atoms. The van der Waals surface area contributed by atoms with E-state index in [0.717, 1.165) is 43.7 Å². The number of aryl methyl sites for hydroxylation is 1. The first kappa shape index (κ1) is 28.8. The lowest BCUT2D eigenvalue weighted by atomic mass is 10.0. The van der Waals surface area contributed by atoms with Crippen LogP contribution in [-0.2, 0) is 17.6 Å². The van der Waals surface area contributed by atoms with Gasteiger partial charge in [0.2, 0.25) is 5.76 Å². The second-order valence-electron chi connectivity index (χ2n) is 9.14. The quantitative estimate of drug-likeness (QED) is 0.155. The number of carbonyl (C=O) groups excluding carboxylic acids is 2. The van der Waals surface area contributed by atoms with Gasteiger partial charge in [-0.05, 0) is 63.3 Å². The molecule has 0 aliphatic carbocycles. The molecule has 0 aliphatic heterocycles. The lowest BCUT2D eigenvalue weighted by molar-refractivity contribution is 0.0565. The summed E-state index contributed by atoms with van der Waals surface area (Å²) in [5, 5.41) is 10.9. The van der Waals surface area contributed by atoms with Gasteiger partial charge in [0.15, 0.2) is 11.2 Å². The van der Waals surface area contributed by atoms with Crippen molar-refractivity contribution < 1.29 is 33.3 Å². The molecule has 0 aliphatic rings. The van der Waals surface area contributed by atoms with Crippen LogP contribution in [0.5, 0.6) is 17.2 Å². The molecule has 0 unspecified atom stereocenters. The van der Waals surface area contributed by atoms with Crippen LogP contribution in [0.2, 0.25) is 0 Å². The summed E-state index contributed by atoms with van der Waals surface area (Å²) in [5.74, 6) is 0.242. The molecule has 0 amide bonds. The molecule has 8 nitrogen and oxygen atoms in total. The summed E-state index contributed by atoms with van der Waals surface area (Å²) in [6, 6.07) is 7.94. The lowest BCUT2D eigenvalue weighted by Crippen LogP contribution is -2.10. The van der Waals surface area contributed by atoms with Crippen LogP contribution >= 0.6 is 0 Å². The average molecular weight is 525 g/mol. The summed E-state index contributed by atoms with van der Waals surface area (Å²) < 4.78 is 22.5. The Kier molecular flexibility index (Phi) is 10.3. The summed E-state index contributed by atoms with van der Waals surface area (Å²) in [6.07, 6.45) is 5.33. The maximum atomic E-state index is 12.5. The largest absolute Gasteiger partial charge is 0.507 e. The molecule has 0 bridgehead atoms. The average Bonchev–Trinajstić information content (AvgIpc) is 2.90. The molecule has 3 rings (SSSR count). The molecular weight excluding hydrogens is 488 g/mol. The van der Waals surface area contributed by atoms with Crippen molar-refractivity contribution in [3.8, 4) is 17.2 Å². The molecule has 8 heteroatoms. The predicted molar refractivity (Wildman–Crippen MR) is 145 cm³/mol. The molecule has 1 N–H and O–H groups in total. The van der Waals surface area contributed by atoms with Gasteiger partial charge in [-0.1, -0.05) is 26.7 Å². The molecule has 0 radical (unpaired) electrons. The summed E-state index contributed by atoms with van der Waals surface area (Å²) in [5.41, 5.74) is 1.79. The molecule has 204 valence electrons. The Morgan fingerprint density at radius 3 is 2.11 bits per heavy atom. The van der Waals surface area contributed by atoms with E-state index in [-0.39, 0.29) is 22.7 Å². The van der Waals surface area contributed by atoms with E-state index < -0.39 is 5.97 Å². The van der Waals surface area contributed by atoms with Gasteiger partial charge in [-0.3, -0.25) is 9.59 Å². The van der Waals surface area contributed by atoms with Crippen LogP contribution < -0.4 is 14.9 Å². The number of aromatic hydroxyl groups is 1. The Labute approximate surface area is 222 Å². The molecule has 0 fully saturated rings. The zero-order valence-electron chi connectivity index (χ0n) is 22.6. The van der Waals surface area contributed by atoms with Crippen molar-refractivity contribution >= 4 is 22.7 Å². The lowest BCUT2D eigenvalue weighted by Gasteiger charge is -2.15. The number of phenols is 1. The third-order valence-electron chi connectivity index (χ3n) is 6.27. The molecule has 1 aromatic heterocycles. The fourth-order valence-electron chi connectivity index (χ4n) is 4.35. The third kappa shape index (κ3) is 6.73. The molecule has 0 atom stereocenters. The van der Waals surface area contributed by atoms with E-state index in [4.69, 9.17) is 18.6 Å². The van der Waals surface area contributed by atoms with Crippen molar-refractivity contribution in [2.75, 3.05) is 20.3 Å². The number of fused-ring (bicyclic) bond motifs is 1. The van der Waals surface area contributed by atoms with Gasteiger partial charge in [-0.15, -0.1) is 0 Å². The van der Waals surface area contributed by atoms with Gasteiger partial charge >= 0.3 is 5.97 Å². The van der Waals surface area contributed by atoms with Crippen molar-refractivity contribution in [2.24, 2.45) is 0 Å². The SMILES string of the molecule is CCCc1c(OCCCCCOc2ccc3c(=O)cc(C(=O)OC)oc3c2CCC)ccc(C(C)=O)c1O. The van der Waals surface area contributed by atoms with Crippen molar-refractivity contribution in [1.29, 1.82) is 0 Å². The topological polar surface area (TPSA) is 112 Å². The minimum absolute atomic E-state index is 0.0121. The highest BCUT2D eigenvalue weighted by molar-refractivity contribution is 5.97. The second kappa shape index (κ2) is 13.7. The summed E-state index contributed by atoms with van der Waals surface area (Å²) >= 11 is 0. The number of ketones is 1. The highest BCUT2D eigenvalue weighted by atomic mass is 16.5. The van der Waals surface area contributed by atoms with Crippen molar-refractivity contribution in [2.45, 2.75) is 65.7 Å². The fourth-order valence-corrected chi connectivity index (χ4v) is 4.35. The highest BCUT2D eigenvalue weighted by Gasteiger charge is 2.18. The second-order valence-corrected chi connectivity index (χ2v) is 9.14. The molecule has 1 heterocycles. The number of benzene rings is 2. The first-order valence-corrected chi connectivity index (χ1v) is 13.1. The number of unbranched alkanes of at least 4 members (excludes halogenated alkanes) is 2. The van der Waals surface area contributed by atoms with E-state index in [9.17, 15) is 19.5 Å². The van der Waals surface area contributed by atoms with Crippen LogP contribution in [0.15, 0.2) is 39.5 Å². The molecule has 0 spiro atoms. The monoisotopic (exact) mass is 524 g/mol. The van der Waals surface area contributed by atoms with Crippen molar-refractivity contribution in [1.82, 2.24) is 0 Å². The van der Waals surface area contributed by atoms with E-state index in [2.05, 4.69) is 0 Å². The van der Waals surface area contributed by atoms with Crippen molar-refractivity contribution in [3.63, 3.8) is 0 Å². The van der Waals surface area contributed by atoms with Crippen LogP contribution in [0.25, 0.3) is 11.0 Å². The number of carbonyl (C=O) groups is 2. The van der Waals surface area contributed by atoms with Gasteiger partial charge < -0.3 is 23.7 Å². The van der Waals surface area contributed by atoms with Crippen LogP contribution in [0, 0.1) is 0 Å². The zero-order chi connectivity index (χ0) is 27.7. The van der Waals surface area contributed by atoms with Crippen LogP contribution in [-0.4, -0.2) is 37.2 Å². The number of rotatable bonds is 14. The number of Topliss-reactive ketones (excluding diaryl/α,β-unsaturated/α-hetero) is 1.